The average Bonchev–Trinajstić information content (AvgIpc) is 3.88. The van der Waals surface area contributed by atoms with E-state index in [0.29, 0.717) is 42.0 Å². The maximum atomic E-state index is 14.6. The van der Waals surface area contributed by atoms with Gasteiger partial charge in [0.1, 0.15) is 11.7 Å². The van der Waals surface area contributed by atoms with E-state index in [1.165, 1.54) is 9.13 Å². The zero-order valence-electron chi connectivity index (χ0n) is 39.8. The van der Waals surface area contributed by atoms with E-state index in [-0.39, 0.29) is 72.8 Å². The van der Waals surface area contributed by atoms with Gasteiger partial charge in [0.25, 0.3) is 11.1 Å². The minimum atomic E-state index is -1.00. The summed E-state index contributed by atoms with van der Waals surface area (Å²) in [7, 11) is 6.83. The Kier molecular flexibility index (Phi) is 12.7. The van der Waals surface area contributed by atoms with Crippen molar-refractivity contribution in [3.8, 4) is 23.7 Å². The number of amidine groups is 1. The number of anilines is 3. The number of rotatable bonds is 14. The normalized spacial score (nSPS) is 15.2. The molecule has 1 aliphatic rings. The highest BCUT2D eigenvalue weighted by molar-refractivity contribution is 5.98. The minimum absolute atomic E-state index is 0.164. The third-order valence-electron chi connectivity index (χ3n) is 12.1. The number of imidazole rings is 2. The van der Waals surface area contributed by atoms with Gasteiger partial charge in [-0.3, -0.25) is 42.0 Å². The standard InChI is InChI=1S/C48H56N16O4/c1-10-12-22-61-38-40(54-44(61)57(6)25-29(3)49)59(8)46(67)63(42(38)65)27-36-51-33-20-16-14-18-31(33)35(53-36)24-48(5)32-19-15-17-21-34(32)52-37(56-48)28-64-43(66)39-41(60(9)47(64)68)55-45(58(7)26-30(4)50)62(39)23-13-11-2/h14-21,29-30H,22-28,49-50H2,1-9H3,(H,52,56). The van der Waals surface area contributed by atoms with Crippen molar-refractivity contribution in [2.24, 2.45) is 30.6 Å². The summed E-state index contributed by atoms with van der Waals surface area (Å²) in [5, 5.41) is 4.15. The molecule has 0 saturated heterocycles. The number of aromatic nitrogens is 10. The molecule has 20 heteroatoms. The Morgan fingerprint density at radius 3 is 1.76 bits per heavy atom. The lowest BCUT2D eigenvalue weighted by Crippen LogP contribution is -2.44. The molecule has 0 spiro atoms. The van der Waals surface area contributed by atoms with Gasteiger partial charge in [-0.2, -0.15) is 9.97 Å². The zero-order valence-corrected chi connectivity index (χ0v) is 39.8. The van der Waals surface area contributed by atoms with Crippen molar-refractivity contribution in [2.75, 3.05) is 42.3 Å². The summed E-state index contributed by atoms with van der Waals surface area (Å²) in [5.41, 5.74) is 12.7. The molecule has 5 aromatic heterocycles. The number of nitrogens with zero attached hydrogens (tertiary/aromatic N) is 13. The van der Waals surface area contributed by atoms with Gasteiger partial charge in [-0.1, -0.05) is 48.2 Å². The van der Waals surface area contributed by atoms with Gasteiger partial charge in [0, 0.05) is 76.4 Å². The van der Waals surface area contributed by atoms with Gasteiger partial charge < -0.3 is 26.6 Å². The average molecular weight is 921 g/mol. The molecule has 0 radical (unpaired) electrons. The maximum Gasteiger partial charge on any atom is 0.332 e. The van der Waals surface area contributed by atoms with Crippen LogP contribution in [0.3, 0.4) is 0 Å². The number of aryl methyl sites for hydroxylation is 2. The van der Waals surface area contributed by atoms with Crippen molar-refractivity contribution in [1.29, 1.82) is 0 Å². The predicted molar refractivity (Wildman–Crippen MR) is 266 cm³/mol. The summed E-state index contributed by atoms with van der Waals surface area (Å²) in [6.45, 7) is 9.97. The Morgan fingerprint density at radius 1 is 0.706 bits per heavy atom. The first kappa shape index (κ1) is 46.7. The van der Waals surface area contributed by atoms with E-state index in [4.69, 9.17) is 36.4 Å². The number of hydrogen-bond donors (Lipinski definition) is 3. The Bertz CT molecular complexity index is 3550. The van der Waals surface area contributed by atoms with E-state index in [1.54, 1.807) is 37.1 Å². The summed E-state index contributed by atoms with van der Waals surface area (Å²) >= 11 is 0. The third-order valence-corrected chi connectivity index (χ3v) is 12.1. The lowest BCUT2D eigenvalue weighted by atomic mass is 9.84. The second kappa shape index (κ2) is 18.5. The molecule has 2 aromatic carbocycles. The smallest absolute Gasteiger partial charge is 0.332 e. The first-order valence-corrected chi connectivity index (χ1v) is 22.3. The third kappa shape index (κ3) is 8.44. The van der Waals surface area contributed by atoms with Gasteiger partial charge in [0.2, 0.25) is 11.9 Å². The molecule has 0 bridgehead atoms. The molecule has 68 heavy (non-hydrogen) atoms. The molecule has 3 unspecified atom stereocenters. The topological polar surface area (TPSA) is 232 Å². The second-order valence-corrected chi connectivity index (χ2v) is 17.7. The van der Waals surface area contributed by atoms with Crippen molar-refractivity contribution >= 4 is 56.7 Å². The molecule has 352 valence electrons. The number of nitrogens with one attached hydrogen (secondary N) is 1. The van der Waals surface area contributed by atoms with Crippen molar-refractivity contribution in [2.45, 2.75) is 84.8 Å². The van der Waals surface area contributed by atoms with Crippen molar-refractivity contribution in [3.05, 3.63) is 107 Å². The summed E-state index contributed by atoms with van der Waals surface area (Å²) in [5.74, 6) is 13.4. The molecule has 3 atom stereocenters. The molecule has 7 aromatic rings. The van der Waals surface area contributed by atoms with Crippen LogP contribution < -0.4 is 49.1 Å². The quantitative estimate of drug-likeness (QED) is 0.132. The Balaban J connectivity index is 1.23. The van der Waals surface area contributed by atoms with E-state index in [9.17, 15) is 19.2 Å². The van der Waals surface area contributed by atoms with Crippen molar-refractivity contribution in [3.63, 3.8) is 0 Å². The highest BCUT2D eigenvalue weighted by Crippen LogP contribution is 2.39. The number of benzene rings is 2. The van der Waals surface area contributed by atoms with Crippen LogP contribution in [0.15, 0.2) is 72.7 Å². The number of fused-ring (bicyclic) bond motifs is 4. The molecular weight excluding hydrogens is 865 g/mol. The lowest BCUT2D eigenvalue weighted by Gasteiger charge is -2.34. The molecule has 0 aliphatic carbocycles. The van der Waals surface area contributed by atoms with Crippen LogP contribution in [0.4, 0.5) is 17.6 Å². The molecule has 0 fully saturated rings. The van der Waals surface area contributed by atoms with Crippen LogP contribution in [-0.4, -0.2) is 92.4 Å². The molecule has 0 saturated carbocycles. The van der Waals surface area contributed by atoms with E-state index in [1.807, 2.05) is 93.2 Å². The number of hydrogen-bond acceptors (Lipinski definition) is 14. The van der Waals surface area contributed by atoms with Gasteiger partial charge in [-0.05, 0) is 46.8 Å². The van der Waals surface area contributed by atoms with Crippen LogP contribution in [0, 0.1) is 23.7 Å². The molecule has 5 N–H and O–H groups in total. The summed E-state index contributed by atoms with van der Waals surface area (Å²) in [6.07, 6.45) is 0.235. The van der Waals surface area contributed by atoms with E-state index < -0.39 is 28.0 Å². The van der Waals surface area contributed by atoms with Crippen LogP contribution in [0.2, 0.25) is 0 Å². The number of aliphatic imine (C=N–C) groups is 1. The van der Waals surface area contributed by atoms with Gasteiger partial charge in [-0.15, -0.1) is 11.8 Å². The van der Waals surface area contributed by atoms with E-state index >= 15 is 0 Å². The van der Waals surface area contributed by atoms with Crippen molar-refractivity contribution in [1.82, 2.24) is 47.3 Å². The Labute approximate surface area is 391 Å². The zero-order chi connectivity index (χ0) is 48.8. The van der Waals surface area contributed by atoms with Crippen LogP contribution >= 0.6 is 0 Å². The van der Waals surface area contributed by atoms with Crippen molar-refractivity contribution < 1.29 is 0 Å². The summed E-state index contributed by atoms with van der Waals surface area (Å²) in [6, 6.07) is 14.9. The molecule has 0 amide bonds. The molecule has 1 aliphatic heterocycles. The SMILES string of the molecule is CC#CCn1c(N(C)CC(C)N)nc2c1c(=O)n(CC1=NC(C)(Cc3nc(Cn4c(=O)c5c(nc(N(C)CC(C)N)n5CC#CC)n(C)c4=O)nc4ccccc34)c3ccccc3N1)c(=O)n2C. The van der Waals surface area contributed by atoms with Crippen LogP contribution in [0.1, 0.15) is 51.7 Å². The molecule has 6 heterocycles. The summed E-state index contributed by atoms with van der Waals surface area (Å²) in [4.78, 5) is 85.7. The van der Waals surface area contributed by atoms with Gasteiger partial charge >= 0.3 is 11.4 Å². The second-order valence-electron chi connectivity index (χ2n) is 17.7. The van der Waals surface area contributed by atoms with Crippen LogP contribution in [0.5, 0.6) is 0 Å². The Hall–Kier alpha value is -7.81. The number of likely N-dealkylation sites (N-methyl/N-ethyl adjacent to an activating group) is 2. The highest BCUT2D eigenvalue weighted by atomic mass is 16.2. The Morgan fingerprint density at radius 2 is 1.22 bits per heavy atom. The van der Waals surface area contributed by atoms with Gasteiger partial charge in [-0.25, -0.2) is 19.6 Å². The fraction of sp³-hybridized carbons (Fsp3) is 0.396. The largest absolute Gasteiger partial charge is 0.344 e. The monoisotopic (exact) mass is 920 g/mol. The number of nitrogens with two attached hydrogens (primary N) is 2. The highest BCUT2D eigenvalue weighted by Gasteiger charge is 2.35. The number of para-hydroxylation sites is 2. The predicted octanol–water partition coefficient (Wildman–Crippen LogP) is 1.69. The van der Waals surface area contributed by atoms with E-state index in [0.717, 1.165) is 25.8 Å². The maximum absolute atomic E-state index is 14.6. The van der Waals surface area contributed by atoms with Crippen LogP contribution in [-0.2, 0) is 52.2 Å². The fourth-order valence-electron chi connectivity index (χ4n) is 9.06. The molecule has 8 rings (SSSR count). The van der Waals surface area contributed by atoms with Gasteiger partial charge in [0.05, 0.1) is 42.9 Å². The first-order chi connectivity index (χ1) is 32.5. The fourth-order valence-corrected chi connectivity index (χ4v) is 9.06. The molecular formula is C48H56N16O4. The first-order valence-electron chi connectivity index (χ1n) is 22.3. The summed E-state index contributed by atoms with van der Waals surface area (Å²) < 4.78 is 8.42. The molecule has 20 nitrogen and oxygen atoms in total. The lowest BCUT2D eigenvalue weighted by molar-refractivity contribution is 0.483. The van der Waals surface area contributed by atoms with E-state index in [2.05, 4.69) is 29.0 Å². The van der Waals surface area contributed by atoms with Crippen LogP contribution in [0.25, 0.3) is 33.2 Å². The minimum Gasteiger partial charge on any atom is -0.344 e. The van der Waals surface area contributed by atoms with Gasteiger partial charge in [0.15, 0.2) is 22.3 Å².